The number of hydrogen-bond acceptors (Lipinski definition) is 6. The van der Waals surface area contributed by atoms with E-state index in [0.717, 1.165) is 4.90 Å². The Balaban J connectivity index is 1.79. The molecule has 2 aromatic carbocycles. The lowest BCUT2D eigenvalue weighted by Crippen LogP contribution is -2.37. The number of ketones is 1. The molecule has 0 saturated heterocycles. The molecule has 9 heteroatoms. The fourth-order valence-electron chi connectivity index (χ4n) is 2.64. The number of anilines is 2. The molecule has 2 aromatic rings. The second-order valence-corrected chi connectivity index (χ2v) is 5.43. The van der Waals surface area contributed by atoms with Crippen LogP contribution in [-0.2, 0) is 9.59 Å². The van der Waals surface area contributed by atoms with Crippen molar-refractivity contribution in [2.75, 3.05) is 23.9 Å². The first-order valence-corrected chi connectivity index (χ1v) is 7.50. The van der Waals surface area contributed by atoms with Crippen LogP contribution >= 0.6 is 0 Å². The van der Waals surface area contributed by atoms with Crippen LogP contribution < -0.4 is 15.0 Å². The summed E-state index contributed by atoms with van der Waals surface area (Å²) in [7, 11) is 1.31. The molecular weight excluding hydrogens is 342 g/mol. The number of benzene rings is 2. The highest BCUT2D eigenvalue weighted by molar-refractivity contribution is 6.52. The van der Waals surface area contributed by atoms with Gasteiger partial charge in [-0.25, -0.2) is 0 Å². The number of ether oxygens (including phenoxy) is 1. The van der Waals surface area contributed by atoms with Crippen LogP contribution in [0, 0.1) is 10.1 Å². The van der Waals surface area contributed by atoms with Crippen molar-refractivity contribution in [2.45, 2.75) is 0 Å². The Labute approximate surface area is 147 Å². The summed E-state index contributed by atoms with van der Waals surface area (Å²) in [5.41, 5.74) is 0.648. The van der Waals surface area contributed by atoms with Gasteiger partial charge in [0.2, 0.25) is 5.91 Å². The summed E-state index contributed by atoms with van der Waals surface area (Å²) in [5.74, 6) is -1.91. The van der Waals surface area contributed by atoms with E-state index in [1.165, 1.54) is 31.4 Å². The molecule has 0 atom stereocenters. The van der Waals surface area contributed by atoms with Gasteiger partial charge in [0.1, 0.15) is 12.3 Å². The number of fused-ring (bicyclic) bond motifs is 1. The molecule has 0 saturated carbocycles. The predicted molar refractivity (Wildman–Crippen MR) is 91.4 cm³/mol. The molecular formula is C17H13N3O6. The van der Waals surface area contributed by atoms with E-state index in [-0.39, 0.29) is 29.2 Å². The van der Waals surface area contributed by atoms with Gasteiger partial charge in [-0.15, -0.1) is 0 Å². The molecule has 2 amide bonds. The second-order valence-electron chi connectivity index (χ2n) is 5.43. The lowest BCUT2D eigenvalue weighted by Gasteiger charge is -2.16. The van der Waals surface area contributed by atoms with Crippen molar-refractivity contribution in [2.24, 2.45) is 0 Å². The predicted octanol–water partition coefficient (Wildman–Crippen LogP) is 1.77. The number of nitrogens with zero attached hydrogens (tertiary/aromatic N) is 2. The number of nitro groups is 1. The molecule has 132 valence electrons. The largest absolute Gasteiger partial charge is 0.494 e. The molecule has 0 bridgehead atoms. The van der Waals surface area contributed by atoms with Gasteiger partial charge >= 0.3 is 0 Å². The van der Waals surface area contributed by atoms with Crippen molar-refractivity contribution in [3.63, 3.8) is 0 Å². The number of amides is 2. The molecule has 0 unspecified atom stereocenters. The van der Waals surface area contributed by atoms with Gasteiger partial charge in [-0.1, -0.05) is 12.1 Å². The third-order valence-corrected chi connectivity index (χ3v) is 3.85. The Hall–Kier alpha value is -3.75. The van der Waals surface area contributed by atoms with Crippen LogP contribution in [0.2, 0.25) is 0 Å². The van der Waals surface area contributed by atoms with E-state index < -0.39 is 22.5 Å². The minimum absolute atomic E-state index is 0.108. The summed E-state index contributed by atoms with van der Waals surface area (Å²) in [5, 5.41) is 13.3. The number of methoxy groups -OCH3 is 1. The van der Waals surface area contributed by atoms with E-state index in [9.17, 15) is 24.5 Å². The van der Waals surface area contributed by atoms with Crippen LogP contribution in [0.15, 0.2) is 42.5 Å². The van der Waals surface area contributed by atoms with E-state index in [1.54, 1.807) is 18.2 Å². The fraction of sp³-hybridized carbons (Fsp3) is 0.118. The third kappa shape index (κ3) is 2.97. The van der Waals surface area contributed by atoms with Gasteiger partial charge in [0.15, 0.2) is 0 Å². The first-order valence-electron chi connectivity index (χ1n) is 7.50. The minimum Gasteiger partial charge on any atom is -0.494 e. The molecule has 1 heterocycles. The smallest absolute Gasteiger partial charge is 0.299 e. The number of nitro benzene ring substituents is 1. The molecule has 0 spiro atoms. The summed E-state index contributed by atoms with van der Waals surface area (Å²) in [6.45, 7) is -0.373. The Kier molecular flexibility index (Phi) is 4.36. The van der Waals surface area contributed by atoms with Crippen molar-refractivity contribution >= 4 is 34.7 Å². The quantitative estimate of drug-likeness (QED) is 0.496. The van der Waals surface area contributed by atoms with E-state index in [2.05, 4.69) is 5.32 Å². The Morgan fingerprint density at radius 2 is 1.96 bits per heavy atom. The fourth-order valence-corrected chi connectivity index (χ4v) is 2.64. The Bertz CT molecular complexity index is 940. The Morgan fingerprint density at radius 1 is 1.23 bits per heavy atom. The van der Waals surface area contributed by atoms with E-state index >= 15 is 0 Å². The van der Waals surface area contributed by atoms with Crippen molar-refractivity contribution in [3.8, 4) is 5.75 Å². The molecule has 9 nitrogen and oxygen atoms in total. The number of Topliss-reactive ketones (excluding diaryl/α,β-unsaturated/α-hetero) is 1. The molecule has 0 fully saturated rings. The first kappa shape index (κ1) is 17.1. The standard InChI is InChI=1S/C17H13N3O6/c1-26-14-8-10(20(24)25)6-7-12(14)18-15(21)9-19-13-5-3-2-4-11(13)16(22)17(19)23/h2-8H,9H2,1H3,(H,18,21). The van der Waals surface area contributed by atoms with Crippen LogP contribution in [0.4, 0.5) is 17.1 Å². The molecule has 1 aliphatic rings. The minimum atomic E-state index is -0.781. The van der Waals surface area contributed by atoms with Gasteiger partial charge in [-0.2, -0.15) is 0 Å². The number of carbonyl (C=O) groups excluding carboxylic acids is 3. The SMILES string of the molecule is COc1cc([N+](=O)[O-])ccc1NC(=O)CN1C(=O)C(=O)c2ccccc21. The van der Waals surface area contributed by atoms with Crippen LogP contribution in [0.5, 0.6) is 5.75 Å². The average Bonchev–Trinajstić information content (AvgIpc) is 2.87. The van der Waals surface area contributed by atoms with E-state index in [4.69, 9.17) is 4.74 Å². The number of carbonyl (C=O) groups is 3. The summed E-state index contributed by atoms with van der Waals surface area (Å²) >= 11 is 0. The zero-order chi connectivity index (χ0) is 18.8. The molecule has 1 N–H and O–H groups in total. The molecule has 0 radical (unpaired) electrons. The van der Waals surface area contributed by atoms with Crippen LogP contribution in [0.1, 0.15) is 10.4 Å². The van der Waals surface area contributed by atoms with E-state index in [1.807, 2.05) is 0 Å². The normalized spacial score (nSPS) is 12.7. The van der Waals surface area contributed by atoms with Gasteiger partial charge in [0.25, 0.3) is 17.4 Å². The monoisotopic (exact) mass is 355 g/mol. The highest BCUT2D eigenvalue weighted by Gasteiger charge is 2.36. The first-order chi connectivity index (χ1) is 12.4. The molecule has 3 rings (SSSR count). The summed E-state index contributed by atoms with van der Waals surface area (Å²) in [6, 6.07) is 10.1. The third-order valence-electron chi connectivity index (χ3n) is 3.85. The zero-order valence-corrected chi connectivity index (χ0v) is 13.6. The Morgan fingerprint density at radius 3 is 2.65 bits per heavy atom. The lowest BCUT2D eigenvalue weighted by atomic mass is 10.1. The second kappa shape index (κ2) is 6.63. The average molecular weight is 355 g/mol. The molecule has 0 aliphatic carbocycles. The van der Waals surface area contributed by atoms with Crippen LogP contribution in [0.3, 0.4) is 0 Å². The molecule has 0 aromatic heterocycles. The van der Waals surface area contributed by atoms with Crippen molar-refractivity contribution in [1.82, 2.24) is 0 Å². The highest BCUT2D eigenvalue weighted by atomic mass is 16.6. The lowest BCUT2D eigenvalue weighted by molar-refractivity contribution is -0.384. The topological polar surface area (TPSA) is 119 Å². The van der Waals surface area contributed by atoms with Crippen LogP contribution in [-0.4, -0.2) is 36.2 Å². The maximum atomic E-state index is 12.3. The number of para-hydroxylation sites is 1. The summed E-state index contributed by atoms with van der Waals surface area (Å²) in [6.07, 6.45) is 0. The van der Waals surface area contributed by atoms with Gasteiger partial charge in [0.05, 0.1) is 35.0 Å². The maximum absolute atomic E-state index is 12.3. The number of nitrogens with one attached hydrogen (secondary N) is 1. The zero-order valence-electron chi connectivity index (χ0n) is 13.6. The van der Waals surface area contributed by atoms with Crippen molar-refractivity contribution < 1.29 is 24.0 Å². The van der Waals surface area contributed by atoms with Crippen molar-refractivity contribution in [3.05, 3.63) is 58.1 Å². The number of rotatable bonds is 5. The number of non-ortho nitro benzene ring substituents is 1. The summed E-state index contributed by atoms with van der Waals surface area (Å²) < 4.78 is 5.05. The highest BCUT2D eigenvalue weighted by Crippen LogP contribution is 2.30. The van der Waals surface area contributed by atoms with Gasteiger partial charge in [-0.3, -0.25) is 29.4 Å². The molecule has 1 aliphatic heterocycles. The van der Waals surface area contributed by atoms with E-state index in [0.29, 0.717) is 5.69 Å². The summed E-state index contributed by atoms with van der Waals surface area (Å²) in [4.78, 5) is 47.7. The van der Waals surface area contributed by atoms with Gasteiger partial charge in [0, 0.05) is 6.07 Å². The van der Waals surface area contributed by atoms with Crippen LogP contribution in [0.25, 0.3) is 0 Å². The van der Waals surface area contributed by atoms with Gasteiger partial charge in [-0.05, 0) is 18.2 Å². The number of hydrogen-bond donors (Lipinski definition) is 1. The maximum Gasteiger partial charge on any atom is 0.299 e. The molecule has 26 heavy (non-hydrogen) atoms. The van der Waals surface area contributed by atoms with Gasteiger partial charge < -0.3 is 10.1 Å². The van der Waals surface area contributed by atoms with Crippen molar-refractivity contribution in [1.29, 1.82) is 0 Å².